The molecule has 0 radical (unpaired) electrons. The minimum Gasteiger partial charge on any atom is -0.409 e. The predicted octanol–water partition coefficient (Wildman–Crippen LogP) is 2.61. The Bertz CT molecular complexity index is 598. The van der Waals surface area contributed by atoms with Gasteiger partial charge in [-0.1, -0.05) is 17.3 Å². The molecule has 0 bridgehead atoms. The molecule has 6 heteroatoms. The van der Waals surface area contributed by atoms with Crippen molar-refractivity contribution in [3.8, 4) is 0 Å². The molecule has 0 saturated heterocycles. The first-order valence-corrected chi connectivity index (χ1v) is 7.01. The Hall–Kier alpha value is -1.92. The number of hydrogen-bond acceptors (Lipinski definition) is 4. The van der Waals surface area contributed by atoms with Crippen molar-refractivity contribution >= 4 is 17.2 Å². The third-order valence-corrected chi connectivity index (χ3v) is 3.67. The molecule has 20 heavy (non-hydrogen) atoms. The quantitative estimate of drug-likeness (QED) is 0.385. The molecule has 4 nitrogen and oxygen atoms in total. The molecule has 0 fully saturated rings. The molecule has 0 saturated carbocycles. The molecule has 0 spiro atoms. The fourth-order valence-electron chi connectivity index (χ4n) is 1.99. The predicted molar refractivity (Wildman–Crippen MR) is 78.4 cm³/mol. The van der Waals surface area contributed by atoms with Crippen LogP contribution in [0.25, 0.3) is 0 Å². The molecule has 0 atom stereocenters. The van der Waals surface area contributed by atoms with E-state index in [9.17, 15) is 4.39 Å². The molecule has 1 aromatic heterocycles. The van der Waals surface area contributed by atoms with E-state index in [1.165, 1.54) is 11.6 Å². The number of nitrogens with two attached hydrogens (primary N) is 1. The van der Waals surface area contributed by atoms with Crippen molar-refractivity contribution in [1.29, 1.82) is 0 Å². The number of hydrogen-bond donors (Lipinski definition) is 2. The van der Waals surface area contributed by atoms with Crippen molar-refractivity contribution in [1.82, 2.24) is 4.90 Å². The topological polar surface area (TPSA) is 61.8 Å². The number of halogens is 1. The second-order valence-corrected chi connectivity index (χ2v) is 5.35. The molecular weight excluding hydrogens is 277 g/mol. The van der Waals surface area contributed by atoms with Crippen molar-refractivity contribution in [3.05, 3.63) is 57.5 Å². The van der Waals surface area contributed by atoms with Gasteiger partial charge >= 0.3 is 0 Å². The summed E-state index contributed by atoms with van der Waals surface area (Å²) in [6, 6.07) is 6.94. The van der Waals surface area contributed by atoms with Crippen LogP contribution in [0.15, 0.2) is 40.2 Å². The van der Waals surface area contributed by atoms with Gasteiger partial charge in [-0.15, -0.1) is 0 Å². The Morgan fingerprint density at radius 1 is 1.40 bits per heavy atom. The first kappa shape index (κ1) is 14.5. The normalized spacial score (nSPS) is 12.1. The Balaban J connectivity index is 2.13. The summed E-state index contributed by atoms with van der Waals surface area (Å²) in [6.45, 7) is 1.20. The smallest absolute Gasteiger partial charge is 0.173 e. The number of benzene rings is 1. The Labute approximate surface area is 120 Å². The van der Waals surface area contributed by atoms with Crippen molar-refractivity contribution < 1.29 is 9.60 Å². The van der Waals surface area contributed by atoms with Gasteiger partial charge in [0.2, 0.25) is 0 Å². The number of thiophene rings is 1. The van der Waals surface area contributed by atoms with Gasteiger partial charge in [-0.2, -0.15) is 11.3 Å². The molecule has 0 aliphatic carbocycles. The van der Waals surface area contributed by atoms with Crippen molar-refractivity contribution in [2.75, 3.05) is 7.05 Å². The molecule has 3 N–H and O–H groups in total. The first-order valence-electron chi connectivity index (χ1n) is 6.06. The van der Waals surface area contributed by atoms with Gasteiger partial charge in [0, 0.05) is 18.7 Å². The molecule has 1 aromatic carbocycles. The lowest BCUT2D eigenvalue weighted by molar-refractivity contribution is 0.313. The van der Waals surface area contributed by atoms with Crippen LogP contribution in [0.3, 0.4) is 0 Å². The molecular formula is C14H16FN3OS. The van der Waals surface area contributed by atoms with Crippen LogP contribution in [-0.2, 0) is 13.1 Å². The highest BCUT2D eigenvalue weighted by Gasteiger charge is 2.13. The maximum atomic E-state index is 14.3. The van der Waals surface area contributed by atoms with Gasteiger partial charge < -0.3 is 10.9 Å². The van der Waals surface area contributed by atoms with E-state index in [0.29, 0.717) is 12.1 Å². The summed E-state index contributed by atoms with van der Waals surface area (Å²) in [5.74, 6) is -0.662. The van der Waals surface area contributed by atoms with Gasteiger partial charge in [0.1, 0.15) is 5.82 Å². The average molecular weight is 293 g/mol. The number of amidine groups is 1. The fourth-order valence-corrected chi connectivity index (χ4v) is 2.65. The summed E-state index contributed by atoms with van der Waals surface area (Å²) in [7, 11) is 1.92. The van der Waals surface area contributed by atoms with E-state index in [1.54, 1.807) is 23.5 Å². The Morgan fingerprint density at radius 3 is 2.85 bits per heavy atom. The van der Waals surface area contributed by atoms with Crippen LogP contribution in [0.4, 0.5) is 4.39 Å². The summed E-state index contributed by atoms with van der Waals surface area (Å²) in [5, 5.41) is 15.6. The van der Waals surface area contributed by atoms with Crippen LogP contribution in [0, 0.1) is 5.82 Å². The summed E-state index contributed by atoms with van der Waals surface area (Å²) >= 11 is 1.64. The van der Waals surface area contributed by atoms with Crippen LogP contribution < -0.4 is 5.73 Å². The van der Waals surface area contributed by atoms with Crippen LogP contribution in [0.2, 0.25) is 0 Å². The maximum Gasteiger partial charge on any atom is 0.173 e. The number of rotatable bonds is 5. The van der Waals surface area contributed by atoms with Crippen LogP contribution in [-0.4, -0.2) is 23.0 Å². The first-order chi connectivity index (χ1) is 9.61. The Kier molecular flexibility index (Phi) is 4.70. The fraction of sp³-hybridized carbons (Fsp3) is 0.214. The van der Waals surface area contributed by atoms with Crippen LogP contribution in [0.5, 0.6) is 0 Å². The second kappa shape index (κ2) is 6.49. The molecule has 1 heterocycles. The standard InChI is InChI=1S/C14H16FN3OS/c1-18(7-10-5-6-20-9-10)8-11-3-2-4-12(13(11)15)14(16)17-19/h2-6,9,19H,7-8H2,1H3,(H2,16,17). The Morgan fingerprint density at radius 2 is 2.20 bits per heavy atom. The van der Waals surface area contributed by atoms with E-state index in [-0.39, 0.29) is 11.4 Å². The summed E-state index contributed by atoms with van der Waals surface area (Å²) in [5.41, 5.74) is 7.29. The lowest BCUT2D eigenvalue weighted by Gasteiger charge is -2.17. The lowest BCUT2D eigenvalue weighted by atomic mass is 10.1. The zero-order valence-electron chi connectivity index (χ0n) is 11.1. The van der Waals surface area contributed by atoms with Crippen molar-refractivity contribution in [2.24, 2.45) is 10.9 Å². The van der Waals surface area contributed by atoms with Crippen LogP contribution in [0.1, 0.15) is 16.7 Å². The molecule has 2 rings (SSSR count). The second-order valence-electron chi connectivity index (χ2n) is 4.57. The number of nitrogens with zero attached hydrogens (tertiary/aromatic N) is 2. The highest BCUT2D eigenvalue weighted by molar-refractivity contribution is 7.07. The van der Waals surface area contributed by atoms with E-state index < -0.39 is 5.82 Å². The largest absolute Gasteiger partial charge is 0.409 e. The monoisotopic (exact) mass is 293 g/mol. The van der Waals surface area contributed by atoms with E-state index in [4.69, 9.17) is 10.9 Å². The molecule has 0 amide bonds. The maximum absolute atomic E-state index is 14.3. The van der Waals surface area contributed by atoms with Gasteiger partial charge in [-0.25, -0.2) is 4.39 Å². The van der Waals surface area contributed by atoms with E-state index in [0.717, 1.165) is 6.54 Å². The third kappa shape index (κ3) is 3.34. The van der Waals surface area contributed by atoms with Crippen molar-refractivity contribution in [3.63, 3.8) is 0 Å². The zero-order chi connectivity index (χ0) is 14.5. The van der Waals surface area contributed by atoms with Crippen LogP contribution >= 0.6 is 11.3 Å². The highest BCUT2D eigenvalue weighted by Crippen LogP contribution is 2.16. The van der Waals surface area contributed by atoms with E-state index >= 15 is 0 Å². The third-order valence-electron chi connectivity index (χ3n) is 2.94. The molecule has 2 aromatic rings. The number of oxime groups is 1. The van der Waals surface area contributed by atoms with E-state index in [1.807, 2.05) is 23.4 Å². The van der Waals surface area contributed by atoms with E-state index in [2.05, 4.69) is 10.5 Å². The van der Waals surface area contributed by atoms with Gasteiger partial charge in [0.15, 0.2) is 5.84 Å². The van der Waals surface area contributed by atoms with Gasteiger partial charge in [0.05, 0.1) is 5.56 Å². The van der Waals surface area contributed by atoms with Crippen molar-refractivity contribution in [2.45, 2.75) is 13.1 Å². The summed E-state index contributed by atoms with van der Waals surface area (Å²) in [4.78, 5) is 2.01. The minimum absolute atomic E-state index is 0.119. The SMILES string of the molecule is CN(Cc1ccsc1)Cc1cccc(/C(N)=N/O)c1F. The molecule has 106 valence electrons. The average Bonchev–Trinajstić information content (AvgIpc) is 2.93. The van der Waals surface area contributed by atoms with Gasteiger partial charge in [0.25, 0.3) is 0 Å². The lowest BCUT2D eigenvalue weighted by Crippen LogP contribution is -2.20. The molecule has 0 aliphatic heterocycles. The zero-order valence-corrected chi connectivity index (χ0v) is 11.9. The highest BCUT2D eigenvalue weighted by atomic mass is 32.1. The van der Waals surface area contributed by atoms with Gasteiger partial charge in [-0.05, 0) is 35.5 Å². The minimum atomic E-state index is -0.444. The molecule has 0 aliphatic rings. The van der Waals surface area contributed by atoms with Gasteiger partial charge in [-0.3, -0.25) is 4.90 Å². The summed E-state index contributed by atoms with van der Waals surface area (Å²) in [6.07, 6.45) is 0. The summed E-state index contributed by atoms with van der Waals surface area (Å²) < 4.78 is 14.3. The molecule has 0 unspecified atom stereocenters.